The largest absolute Gasteiger partial charge is 0.490 e. The summed E-state index contributed by atoms with van der Waals surface area (Å²) >= 11 is 0. The van der Waals surface area contributed by atoms with Crippen LogP contribution in [0.15, 0.2) is 107 Å². The lowest BCUT2D eigenvalue weighted by atomic mass is 9.78. The molecule has 8 rings (SSSR count). The Labute approximate surface area is 285 Å². The van der Waals surface area contributed by atoms with E-state index in [1.165, 1.54) is 0 Å². The smallest absolute Gasteiger partial charge is 0.227 e. The average molecular weight is 655 g/mol. The number of ether oxygens (including phenoxy) is 4. The molecule has 2 aliphatic rings. The molecule has 0 aliphatic carbocycles. The molecule has 0 spiro atoms. The standard InChI is InChI=1S/C41H38N2O6/c1-5-7-25-17-27(9-13-35(25)46-23-31-21-44-31)39-42-33-19-29(11-15-37(33)48-39)41(3,4)30-12-16-38-34(20-30)43-40(49-38)28-10-14-36(26(18-28)8-6-2)47-24-32-22-45-32/h5-6,9-20,31-32H,1-2,7-8,21-24H2,3-4H3/t31-,32?/m0/s1. The van der Waals surface area contributed by atoms with Gasteiger partial charge in [0.2, 0.25) is 11.8 Å². The number of epoxide rings is 2. The third kappa shape index (κ3) is 6.49. The van der Waals surface area contributed by atoms with Crippen molar-refractivity contribution >= 4 is 22.2 Å². The fraction of sp³-hybridized carbons (Fsp3) is 0.268. The van der Waals surface area contributed by atoms with E-state index in [1.807, 2.05) is 48.6 Å². The van der Waals surface area contributed by atoms with Crippen molar-refractivity contribution in [3.05, 3.63) is 120 Å². The molecule has 0 saturated carbocycles. The Balaban J connectivity index is 1.05. The Morgan fingerprint density at radius 1 is 0.673 bits per heavy atom. The van der Waals surface area contributed by atoms with E-state index in [9.17, 15) is 0 Å². The molecule has 1 unspecified atom stereocenters. The lowest BCUT2D eigenvalue weighted by molar-refractivity contribution is 0.261. The molecule has 8 heteroatoms. The first-order valence-corrected chi connectivity index (χ1v) is 16.7. The lowest BCUT2D eigenvalue weighted by Gasteiger charge is -2.26. The van der Waals surface area contributed by atoms with Crippen LogP contribution in [0.3, 0.4) is 0 Å². The van der Waals surface area contributed by atoms with E-state index in [-0.39, 0.29) is 17.6 Å². The van der Waals surface area contributed by atoms with E-state index < -0.39 is 0 Å². The molecule has 0 amide bonds. The molecule has 8 nitrogen and oxygen atoms in total. The van der Waals surface area contributed by atoms with Gasteiger partial charge in [-0.3, -0.25) is 0 Å². The molecule has 0 bridgehead atoms. The van der Waals surface area contributed by atoms with E-state index >= 15 is 0 Å². The number of rotatable bonds is 14. The van der Waals surface area contributed by atoms with Crippen molar-refractivity contribution in [1.82, 2.24) is 9.97 Å². The van der Waals surface area contributed by atoms with Crippen molar-refractivity contribution in [2.24, 2.45) is 0 Å². The van der Waals surface area contributed by atoms with Crippen LogP contribution in [0.4, 0.5) is 0 Å². The fourth-order valence-corrected chi connectivity index (χ4v) is 6.08. The summed E-state index contributed by atoms with van der Waals surface area (Å²) in [7, 11) is 0. The normalized spacial score (nSPS) is 16.9. The number of benzene rings is 4. The fourth-order valence-electron chi connectivity index (χ4n) is 6.08. The third-order valence-corrected chi connectivity index (χ3v) is 9.22. The number of hydrogen-bond donors (Lipinski definition) is 0. The second kappa shape index (κ2) is 12.7. The lowest BCUT2D eigenvalue weighted by Crippen LogP contribution is -2.18. The van der Waals surface area contributed by atoms with Gasteiger partial charge in [-0.1, -0.05) is 38.1 Å². The van der Waals surface area contributed by atoms with Crippen LogP contribution in [0.5, 0.6) is 11.5 Å². The summed E-state index contributed by atoms with van der Waals surface area (Å²) in [4.78, 5) is 9.80. The van der Waals surface area contributed by atoms with Gasteiger partial charge in [0.05, 0.1) is 13.2 Å². The van der Waals surface area contributed by atoms with Gasteiger partial charge < -0.3 is 27.8 Å². The number of fused-ring (bicyclic) bond motifs is 2. The van der Waals surface area contributed by atoms with Gasteiger partial charge in [-0.15, -0.1) is 13.2 Å². The van der Waals surface area contributed by atoms with Gasteiger partial charge in [-0.05, 0) is 95.8 Å². The van der Waals surface area contributed by atoms with Crippen molar-refractivity contribution in [1.29, 1.82) is 0 Å². The second-order valence-electron chi connectivity index (χ2n) is 13.2. The molecule has 0 radical (unpaired) electrons. The number of oxazole rings is 2. The zero-order valence-corrected chi connectivity index (χ0v) is 27.7. The average Bonchev–Trinajstić information content (AvgIpc) is 4.03. The van der Waals surface area contributed by atoms with Gasteiger partial charge in [0, 0.05) is 16.5 Å². The monoisotopic (exact) mass is 654 g/mol. The molecule has 2 aromatic heterocycles. The quantitative estimate of drug-likeness (QED) is 0.0851. The van der Waals surface area contributed by atoms with Crippen LogP contribution in [0.25, 0.3) is 45.1 Å². The highest BCUT2D eigenvalue weighted by molar-refractivity contribution is 5.80. The van der Waals surface area contributed by atoms with E-state index in [1.54, 1.807) is 0 Å². The van der Waals surface area contributed by atoms with Crippen LogP contribution >= 0.6 is 0 Å². The predicted octanol–water partition coefficient (Wildman–Crippen LogP) is 8.64. The Kier molecular flexibility index (Phi) is 8.06. The summed E-state index contributed by atoms with van der Waals surface area (Å²) in [5.74, 6) is 2.79. The van der Waals surface area contributed by atoms with Crippen molar-refractivity contribution in [2.45, 2.75) is 44.3 Å². The Bertz CT molecular complexity index is 2030. The number of hydrogen-bond acceptors (Lipinski definition) is 8. The summed E-state index contributed by atoms with van der Waals surface area (Å²) in [6.45, 7) is 14.9. The molecule has 2 atom stereocenters. The first-order valence-electron chi connectivity index (χ1n) is 16.7. The number of allylic oxidation sites excluding steroid dienone is 2. The van der Waals surface area contributed by atoms with Crippen LogP contribution in [-0.4, -0.2) is 48.6 Å². The summed E-state index contributed by atoms with van der Waals surface area (Å²) in [6, 6.07) is 24.5. The first-order chi connectivity index (χ1) is 23.9. The van der Waals surface area contributed by atoms with Gasteiger partial charge in [0.25, 0.3) is 0 Å². The number of aromatic nitrogens is 2. The van der Waals surface area contributed by atoms with Gasteiger partial charge in [-0.2, -0.15) is 0 Å². The summed E-state index contributed by atoms with van der Waals surface area (Å²) in [5, 5.41) is 0. The van der Waals surface area contributed by atoms with Gasteiger partial charge >= 0.3 is 0 Å². The molecular formula is C41H38N2O6. The van der Waals surface area contributed by atoms with Crippen molar-refractivity contribution in [2.75, 3.05) is 26.4 Å². The van der Waals surface area contributed by atoms with Crippen LogP contribution in [0, 0.1) is 0 Å². The molecule has 2 saturated heterocycles. The SMILES string of the molecule is C=CCc1cc(-c2nc3cc(C(C)(C)c4ccc5oc(-c6ccc(OC[C@@H]7CO7)c(CC=C)c6)nc5c4)ccc3o2)ccc1OCC1CO1. The minimum atomic E-state index is -0.344. The Morgan fingerprint density at radius 2 is 1.12 bits per heavy atom. The maximum absolute atomic E-state index is 6.23. The Morgan fingerprint density at radius 3 is 1.53 bits per heavy atom. The van der Waals surface area contributed by atoms with Gasteiger partial charge in [-0.25, -0.2) is 9.97 Å². The zero-order chi connectivity index (χ0) is 33.5. The molecular weight excluding hydrogens is 616 g/mol. The van der Waals surface area contributed by atoms with E-state index in [2.05, 4.69) is 63.4 Å². The highest BCUT2D eigenvalue weighted by Gasteiger charge is 2.27. The van der Waals surface area contributed by atoms with Crippen molar-refractivity contribution in [3.63, 3.8) is 0 Å². The summed E-state index contributed by atoms with van der Waals surface area (Å²) < 4.78 is 35.0. The molecule has 0 N–H and O–H groups in total. The maximum Gasteiger partial charge on any atom is 0.227 e. The van der Waals surface area contributed by atoms with Gasteiger partial charge in [0.1, 0.15) is 48.0 Å². The molecule has 4 heterocycles. The molecule has 49 heavy (non-hydrogen) atoms. The second-order valence-corrected chi connectivity index (χ2v) is 13.2. The minimum Gasteiger partial charge on any atom is -0.490 e. The third-order valence-electron chi connectivity index (χ3n) is 9.22. The maximum atomic E-state index is 6.23. The topological polar surface area (TPSA) is 95.6 Å². The van der Waals surface area contributed by atoms with E-state index in [4.69, 9.17) is 37.7 Å². The van der Waals surface area contributed by atoms with E-state index in [0.717, 1.165) is 80.3 Å². The molecule has 4 aromatic carbocycles. The molecule has 248 valence electrons. The van der Waals surface area contributed by atoms with Crippen LogP contribution < -0.4 is 9.47 Å². The van der Waals surface area contributed by atoms with Gasteiger partial charge in [0.15, 0.2) is 11.2 Å². The Hall–Kier alpha value is -5.18. The summed E-state index contributed by atoms with van der Waals surface area (Å²) in [5.41, 5.74) is 8.80. The highest BCUT2D eigenvalue weighted by Crippen LogP contribution is 2.37. The predicted molar refractivity (Wildman–Crippen MR) is 189 cm³/mol. The molecule has 2 fully saturated rings. The minimum absolute atomic E-state index is 0.189. The zero-order valence-electron chi connectivity index (χ0n) is 27.7. The number of nitrogens with zero attached hydrogens (tertiary/aromatic N) is 2. The van der Waals surface area contributed by atoms with Crippen LogP contribution in [-0.2, 0) is 27.7 Å². The van der Waals surface area contributed by atoms with Crippen LogP contribution in [0.1, 0.15) is 36.1 Å². The summed E-state index contributed by atoms with van der Waals surface area (Å²) in [6.07, 6.45) is 5.48. The van der Waals surface area contributed by atoms with Crippen LogP contribution in [0.2, 0.25) is 0 Å². The molecule has 6 aromatic rings. The highest BCUT2D eigenvalue weighted by atomic mass is 16.6. The molecule has 2 aliphatic heterocycles. The van der Waals surface area contributed by atoms with Crippen molar-refractivity contribution in [3.8, 4) is 34.4 Å². The van der Waals surface area contributed by atoms with Crippen molar-refractivity contribution < 1.29 is 27.8 Å². The first kappa shape index (κ1) is 31.1. The van der Waals surface area contributed by atoms with E-state index in [0.29, 0.717) is 37.8 Å².